The molecule has 0 unspecified atom stereocenters. The minimum atomic E-state index is -3.32. The molecule has 0 radical (unpaired) electrons. The highest BCUT2D eigenvalue weighted by Gasteiger charge is 2.37. The number of ketones is 1. The maximum Gasteiger partial charge on any atom is 0.345 e. The van der Waals surface area contributed by atoms with Gasteiger partial charge in [0.25, 0.3) is 0 Å². The van der Waals surface area contributed by atoms with E-state index in [1.165, 1.54) is 13.8 Å². The Morgan fingerprint density at radius 3 is 1.60 bits per heavy atom. The van der Waals surface area contributed by atoms with E-state index >= 15 is 0 Å². The van der Waals surface area contributed by atoms with E-state index in [1.807, 2.05) is 0 Å². The number of hydrogen-bond acceptors (Lipinski definition) is 10. The van der Waals surface area contributed by atoms with Crippen LogP contribution in [-0.2, 0) is 38.2 Å². The van der Waals surface area contributed by atoms with Crippen LogP contribution in [0.15, 0.2) is 0 Å². The number of ether oxygens (including phenoxy) is 3. The molecule has 1 saturated heterocycles. The maximum absolute atomic E-state index is 13.4. The second-order valence-electron chi connectivity index (χ2n) is 13.0. The van der Waals surface area contributed by atoms with E-state index in [9.17, 15) is 46.6 Å². The fourth-order valence-corrected chi connectivity index (χ4v) is 4.68. The first-order chi connectivity index (χ1) is 22.4. The average molecular weight is 702 g/mol. The Balaban J connectivity index is 3.19. The predicted octanol–water partition coefficient (Wildman–Crippen LogP) is 0.416. The first-order valence-corrected chi connectivity index (χ1v) is 15.8. The summed E-state index contributed by atoms with van der Waals surface area (Å²) < 4.78 is 65.6. The minimum absolute atomic E-state index is 0.0507. The molecule has 5 N–H and O–H groups in total. The number of nitrogens with zero attached hydrogens (tertiary/aromatic N) is 1. The van der Waals surface area contributed by atoms with Gasteiger partial charge >= 0.3 is 13.2 Å². The molecule has 0 bridgehead atoms. The number of aliphatic hydroxyl groups is 1. The molecular formula is C30H51F4N5O9. The fraction of sp³-hybridized carbons (Fsp3) is 0.833. The van der Waals surface area contributed by atoms with Crippen LogP contribution in [0, 0.1) is 17.3 Å². The zero-order chi connectivity index (χ0) is 36.6. The van der Waals surface area contributed by atoms with Gasteiger partial charge in [-0.25, -0.2) is 0 Å². The topological polar surface area (TPSA) is 185 Å². The predicted molar refractivity (Wildman–Crippen MR) is 164 cm³/mol. The summed E-state index contributed by atoms with van der Waals surface area (Å²) in [6.45, 7) is 2.31. The number of carbonyl (C=O) groups is 5. The lowest BCUT2D eigenvalue weighted by Gasteiger charge is -2.30. The van der Waals surface area contributed by atoms with Crippen molar-refractivity contribution in [2.75, 3.05) is 52.7 Å². The van der Waals surface area contributed by atoms with Crippen LogP contribution >= 0.6 is 0 Å². The quantitative estimate of drug-likeness (QED) is 0.0992. The van der Waals surface area contributed by atoms with Gasteiger partial charge in [-0.1, -0.05) is 41.5 Å². The molecule has 1 rings (SSSR count). The molecular weight excluding hydrogens is 650 g/mol. The Labute approximate surface area is 278 Å². The zero-order valence-electron chi connectivity index (χ0n) is 28.4. The van der Waals surface area contributed by atoms with Crippen LogP contribution in [0.25, 0.3) is 0 Å². The molecule has 278 valence electrons. The van der Waals surface area contributed by atoms with Gasteiger partial charge in [-0.05, 0) is 24.7 Å². The van der Waals surface area contributed by atoms with Crippen molar-refractivity contribution in [2.45, 2.75) is 91.8 Å². The lowest BCUT2D eigenvalue weighted by molar-refractivity contribution is -0.150. The molecule has 1 aliphatic heterocycles. The van der Waals surface area contributed by atoms with Crippen LogP contribution in [0.2, 0.25) is 0 Å². The number of halogens is 4. The van der Waals surface area contributed by atoms with Crippen molar-refractivity contribution in [3.63, 3.8) is 0 Å². The Morgan fingerprint density at radius 2 is 1.15 bits per heavy atom. The number of rotatable bonds is 22. The molecule has 0 aromatic heterocycles. The van der Waals surface area contributed by atoms with Gasteiger partial charge in [0, 0.05) is 18.5 Å². The van der Waals surface area contributed by atoms with Crippen molar-refractivity contribution in [1.82, 2.24) is 26.2 Å². The summed E-state index contributed by atoms with van der Waals surface area (Å²) in [5, 5.41) is 19.1. The summed E-state index contributed by atoms with van der Waals surface area (Å²) in [5.74, 6) is -4.66. The van der Waals surface area contributed by atoms with Gasteiger partial charge in [-0.15, -0.1) is 0 Å². The third-order valence-corrected chi connectivity index (χ3v) is 7.28. The molecule has 1 aliphatic rings. The molecule has 0 saturated carbocycles. The van der Waals surface area contributed by atoms with Gasteiger partial charge in [0.1, 0.15) is 18.1 Å². The van der Waals surface area contributed by atoms with Gasteiger partial charge < -0.3 is 40.6 Å². The number of morpholine rings is 1. The van der Waals surface area contributed by atoms with Crippen LogP contribution < -0.4 is 21.3 Å². The number of nitrogens with one attached hydrogen (secondary N) is 4. The second-order valence-corrected chi connectivity index (χ2v) is 13.0. The minimum Gasteiger partial charge on any atom is -0.395 e. The summed E-state index contributed by atoms with van der Waals surface area (Å²) in [6.07, 6.45) is 0.0840. The van der Waals surface area contributed by atoms with Crippen LogP contribution in [0.4, 0.5) is 17.6 Å². The van der Waals surface area contributed by atoms with Gasteiger partial charge in [-0.3, -0.25) is 28.9 Å². The molecule has 18 heteroatoms. The zero-order valence-corrected chi connectivity index (χ0v) is 28.4. The molecule has 0 spiro atoms. The molecule has 0 aliphatic carbocycles. The van der Waals surface area contributed by atoms with Gasteiger partial charge in [0.05, 0.1) is 45.6 Å². The molecule has 4 atom stereocenters. The molecule has 48 heavy (non-hydrogen) atoms. The van der Waals surface area contributed by atoms with Crippen molar-refractivity contribution in [3.05, 3.63) is 0 Å². The third kappa shape index (κ3) is 16.5. The smallest absolute Gasteiger partial charge is 0.345 e. The van der Waals surface area contributed by atoms with E-state index in [1.54, 1.807) is 32.6 Å². The number of hydrogen-bond donors (Lipinski definition) is 5. The molecule has 1 heterocycles. The standard InChI is InChI=1S/C30H51F4N5O9/c1-17(2)11-19(24(42)30(5,6)16-40)36-27(45)22(15-48-29(33)34)38-25(43)20(12-18(3)4)37-26(44)21(14-47-28(31)32)35-23(41)13-39-7-9-46-10-8-39/h17-22,28-29,40H,7-16H2,1-6H3,(H,35,41)(H,36,45)(H,37,44)(H,38,43)/t19-,20-,21-,22-/m0/s1. The first kappa shape index (κ1) is 43.1. The lowest BCUT2D eigenvalue weighted by atomic mass is 9.82. The number of aliphatic hydroxyl groups excluding tert-OH is 1. The van der Waals surface area contributed by atoms with Crippen molar-refractivity contribution in [2.24, 2.45) is 17.3 Å². The summed E-state index contributed by atoms with van der Waals surface area (Å²) in [7, 11) is 0. The number of amides is 4. The molecule has 1 fully saturated rings. The van der Waals surface area contributed by atoms with Gasteiger partial charge in [0.15, 0.2) is 5.78 Å². The van der Waals surface area contributed by atoms with E-state index in [0.717, 1.165) is 0 Å². The lowest BCUT2D eigenvalue weighted by Crippen LogP contribution is -2.60. The largest absolute Gasteiger partial charge is 0.395 e. The highest BCUT2D eigenvalue weighted by Crippen LogP contribution is 2.21. The Bertz CT molecular complexity index is 1050. The Kier molecular flexibility index (Phi) is 19.0. The normalized spacial score (nSPS) is 16.8. The van der Waals surface area contributed by atoms with Crippen molar-refractivity contribution in [3.8, 4) is 0 Å². The second kappa shape index (κ2) is 21.2. The molecule has 14 nitrogen and oxygen atoms in total. The van der Waals surface area contributed by atoms with E-state index in [2.05, 4.69) is 30.7 Å². The van der Waals surface area contributed by atoms with Crippen LogP contribution in [0.5, 0.6) is 0 Å². The molecule has 0 aromatic carbocycles. The van der Waals surface area contributed by atoms with Crippen LogP contribution in [0.3, 0.4) is 0 Å². The molecule has 4 amide bonds. The number of carbonyl (C=O) groups excluding carboxylic acids is 5. The van der Waals surface area contributed by atoms with Crippen molar-refractivity contribution in [1.29, 1.82) is 0 Å². The summed E-state index contributed by atoms with van der Waals surface area (Å²) in [5.41, 5.74) is -1.25. The van der Waals surface area contributed by atoms with E-state index < -0.39 is 92.0 Å². The van der Waals surface area contributed by atoms with Crippen molar-refractivity contribution < 1.29 is 60.9 Å². The highest BCUT2D eigenvalue weighted by atomic mass is 19.3. The number of Topliss-reactive ketones (excluding diaryl/α,β-unsaturated/α-hetero) is 1. The van der Waals surface area contributed by atoms with E-state index in [0.29, 0.717) is 26.3 Å². The molecule has 0 aromatic rings. The first-order valence-electron chi connectivity index (χ1n) is 15.8. The Hall–Kier alpha value is -2.93. The third-order valence-electron chi connectivity index (χ3n) is 7.28. The van der Waals surface area contributed by atoms with Gasteiger partial charge in [-0.2, -0.15) is 17.6 Å². The maximum atomic E-state index is 13.4. The van der Waals surface area contributed by atoms with Crippen molar-refractivity contribution >= 4 is 29.4 Å². The fourth-order valence-electron chi connectivity index (χ4n) is 4.68. The highest BCUT2D eigenvalue weighted by molar-refractivity contribution is 5.97. The summed E-state index contributed by atoms with van der Waals surface area (Å²) in [4.78, 5) is 67.5. The SMILES string of the molecule is CC(C)C[C@H](NC(=O)[C@H](COC(F)F)NC(=O)CN1CCOCC1)C(=O)N[C@@H](COC(F)F)C(=O)N[C@@H](CC(C)C)C(=O)C(C)(C)CO. The average Bonchev–Trinajstić information content (AvgIpc) is 2.99. The summed E-state index contributed by atoms with van der Waals surface area (Å²) in [6, 6.07) is -5.97. The van der Waals surface area contributed by atoms with Crippen LogP contribution in [-0.4, -0.2) is 129 Å². The van der Waals surface area contributed by atoms with E-state index in [-0.39, 0.29) is 31.2 Å². The van der Waals surface area contributed by atoms with Crippen LogP contribution in [0.1, 0.15) is 54.4 Å². The monoisotopic (exact) mass is 701 g/mol. The Morgan fingerprint density at radius 1 is 0.729 bits per heavy atom. The number of alkyl halides is 4. The summed E-state index contributed by atoms with van der Waals surface area (Å²) >= 11 is 0. The van der Waals surface area contributed by atoms with E-state index in [4.69, 9.17) is 4.74 Å². The van der Waals surface area contributed by atoms with Gasteiger partial charge in [0.2, 0.25) is 23.6 Å².